The average molecular weight is 235 g/mol. The number of benzene rings is 1. The summed E-state index contributed by atoms with van der Waals surface area (Å²) in [4.78, 5) is 0. The second kappa shape index (κ2) is 6.03. The summed E-state index contributed by atoms with van der Waals surface area (Å²) in [6.45, 7) is 3.64. The Morgan fingerprint density at radius 3 is 2.88 bits per heavy atom. The lowest BCUT2D eigenvalue weighted by atomic mass is 10.1. The van der Waals surface area contributed by atoms with Gasteiger partial charge in [0, 0.05) is 19.2 Å². The van der Waals surface area contributed by atoms with Crippen LogP contribution >= 0.6 is 0 Å². The van der Waals surface area contributed by atoms with Gasteiger partial charge in [-0.3, -0.25) is 0 Å². The SMILES string of the molecule is CCOC(CNC1CC1)c1cccc(OC)c1. The second-order valence-electron chi connectivity index (χ2n) is 4.40. The minimum atomic E-state index is 0.121. The molecular weight excluding hydrogens is 214 g/mol. The molecule has 1 N–H and O–H groups in total. The van der Waals surface area contributed by atoms with Crippen LogP contribution in [0.15, 0.2) is 24.3 Å². The lowest BCUT2D eigenvalue weighted by Crippen LogP contribution is -2.25. The topological polar surface area (TPSA) is 30.5 Å². The molecule has 1 aromatic rings. The highest BCUT2D eigenvalue weighted by atomic mass is 16.5. The molecule has 3 nitrogen and oxygen atoms in total. The van der Waals surface area contributed by atoms with E-state index in [9.17, 15) is 0 Å². The molecule has 0 aliphatic heterocycles. The van der Waals surface area contributed by atoms with Gasteiger partial charge < -0.3 is 14.8 Å². The van der Waals surface area contributed by atoms with E-state index >= 15 is 0 Å². The summed E-state index contributed by atoms with van der Waals surface area (Å²) in [5, 5.41) is 3.51. The van der Waals surface area contributed by atoms with Crippen molar-refractivity contribution in [3.05, 3.63) is 29.8 Å². The molecule has 1 aromatic carbocycles. The van der Waals surface area contributed by atoms with Crippen molar-refractivity contribution in [2.45, 2.75) is 31.9 Å². The van der Waals surface area contributed by atoms with Gasteiger partial charge in [-0.1, -0.05) is 12.1 Å². The zero-order valence-corrected chi connectivity index (χ0v) is 10.6. The Balaban J connectivity index is 2.00. The molecule has 1 fully saturated rings. The smallest absolute Gasteiger partial charge is 0.119 e. The van der Waals surface area contributed by atoms with Crippen LogP contribution < -0.4 is 10.1 Å². The summed E-state index contributed by atoms with van der Waals surface area (Å²) >= 11 is 0. The maximum Gasteiger partial charge on any atom is 0.119 e. The molecular formula is C14H21NO2. The van der Waals surface area contributed by atoms with Crippen molar-refractivity contribution >= 4 is 0 Å². The molecule has 0 heterocycles. The molecule has 1 aliphatic rings. The van der Waals surface area contributed by atoms with Gasteiger partial charge in [-0.2, -0.15) is 0 Å². The third kappa shape index (κ3) is 3.72. The molecule has 17 heavy (non-hydrogen) atoms. The molecule has 1 aliphatic carbocycles. The second-order valence-corrected chi connectivity index (χ2v) is 4.40. The number of methoxy groups -OCH3 is 1. The van der Waals surface area contributed by atoms with E-state index in [1.165, 1.54) is 18.4 Å². The summed E-state index contributed by atoms with van der Waals surface area (Å²) in [5.74, 6) is 0.888. The first-order valence-corrected chi connectivity index (χ1v) is 6.32. The van der Waals surface area contributed by atoms with E-state index < -0.39 is 0 Å². The van der Waals surface area contributed by atoms with Gasteiger partial charge in [0.05, 0.1) is 13.2 Å². The summed E-state index contributed by atoms with van der Waals surface area (Å²) in [7, 11) is 1.69. The fourth-order valence-electron chi connectivity index (χ4n) is 1.88. The molecule has 0 spiro atoms. The van der Waals surface area contributed by atoms with Crippen molar-refractivity contribution in [3.8, 4) is 5.75 Å². The van der Waals surface area contributed by atoms with Crippen LogP contribution in [0.1, 0.15) is 31.4 Å². The van der Waals surface area contributed by atoms with Crippen molar-refractivity contribution in [3.63, 3.8) is 0 Å². The van der Waals surface area contributed by atoms with Crippen LogP contribution in [0.4, 0.5) is 0 Å². The van der Waals surface area contributed by atoms with Gasteiger partial charge in [0.1, 0.15) is 5.75 Å². The average Bonchev–Trinajstić information content (AvgIpc) is 3.18. The first-order valence-electron chi connectivity index (χ1n) is 6.32. The van der Waals surface area contributed by atoms with Crippen molar-refractivity contribution in [2.24, 2.45) is 0 Å². The molecule has 0 aromatic heterocycles. The first kappa shape index (κ1) is 12.4. The van der Waals surface area contributed by atoms with E-state index in [1.807, 2.05) is 19.1 Å². The quantitative estimate of drug-likeness (QED) is 0.787. The van der Waals surface area contributed by atoms with Crippen molar-refractivity contribution < 1.29 is 9.47 Å². The van der Waals surface area contributed by atoms with Crippen LogP contribution in [0.2, 0.25) is 0 Å². The monoisotopic (exact) mass is 235 g/mol. The highest BCUT2D eigenvalue weighted by Gasteiger charge is 2.22. The van der Waals surface area contributed by atoms with Crippen LogP contribution in [0.3, 0.4) is 0 Å². The molecule has 0 radical (unpaired) electrons. The summed E-state index contributed by atoms with van der Waals surface area (Å²) in [5.41, 5.74) is 1.18. The zero-order valence-electron chi connectivity index (χ0n) is 10.6. The maximum atomic E-state index is 5.79. The molecule has 1 atom stereocenters. The van der Waals surface area contributed by atoms with Crippen LogP contribution in [0.5, 0.6) is 5.75 Å². The van der Waals surface area contributed by atoms with Crippen LogP contribution in [0, 0.1) is 0 Å². The van der Waals surface area contributed by atoms with E-state index in [0.717, 1.165) is 18.9 Å². The fraction of sp³-hybridized carbons (Fsp3) is 0.571. The molecule has 3 heteroatoms. The Morgan fingerprint density at radius 1 is 1.41 bits per heavy atom. The first-order chi connectivity index (χ1) is 8.33. The van der Waals surface area contributed by atoms with Crippen LogP contribution in [0.25, 0.3) is 0 Å². The van der Waals surface area contributed by atoms with Crippen LogP contribution in [-0.2, 0) is 4.74 Å². The van der Waals surface area contributed by atoms with Crippen molar-refractivity contribution in [2.75, 3.05) is 20.3 Å². The van der Waals surface area contributed by atoms with Gasteiger partial charge >= 0.3 is 0 Å². The molecule has 0 bridgehead atoms. The van der Waals surface area contributed by atoms with Gasteiger partial charge in [0.15, 0.2) is 0 Å². The minimum Gasteiger partial charge on any atom is -0.497 e. The third-order valence-electron chi connectivity index (χ3n) is 3.00. The number of nitrogens with one attached hydrogen (secondary N) is 1. The molecule has 1 unspecified atom stereocenters. The van der Waals surface area contributed by atoms with E-state index in [-0.39, 0.29) is 6.10 Å². The number of hydrogen-bond donors (Lipinski definition) is 1. The summed E-state index contributed by atoms with van der Waals surface area (Å²) < 4.78 is 11.0. The van der Waals surface area contributed by atoms with Crippen molar-refractivity contribution in [1.82, 2.24) is 5.32 Å². The Bertz CT molecular complexity index is 350. The molecule has 1 saturated carbocycles. The zero-order chi connectivity index (χ0) is 12.1. The number of hydrogen-bond acceptors (Lipinski definition) is 3. The Kier molecular flexibility index (Phi) is 4.40. The fourth-order valence-corrected chi connectivity index (χ4v) is 1.88. The predicted octanol–water partition coefficient (Wildman–Crippen LogP) is 2.52. The Labute approximate surface area is 103 Å². The van der Waals surface area contributed by atoms with E-state index in [4.69, 9.17) is 9.47 Å². The minimum absolute atomic E-state index is 0.121. The Hall–Kier alpha value is -1.06. The molecule has 0 amide bonds. The highest BCUT2D eigenvalue weighted by molar-refractivity contribution is 5.30. The Morgan fingerprint density at radius 2 is 2.24 bits per heavy atom. The number of ether oxygens (including phenoxy) is 2. The van der Waals surface area contributed by atoms with Crippen molar-refractivity contribution in [1.29, 1.82) is 0 Å². The lowest BCUT2D eigenvalue weighted by molar-refractivity contribution is 0.0619. The molecule has 0 saturated heterocycles. The maximum absolute atomic E-state index is 5.79. The highest BCUT2D eigenvalue weighted by Crippen LogP contribution is 2.24. The van der Waals surface area contributed by atoms with Gasteiger partial charge in [-0.25, -0.2) is 0 Å². The van der Waals surface area contributed by atoms with Gasteiger partial charge in [-0.05, 0) is 37.5 Å². The van der Waals surface area contributed by atoms with E-state index in [0.29, 0.717) is 6.04 Å². The standard InChI is InChI=1S/C14H21NO2/c1-3-17-14(10-15-12-7-8-12)11-5-4-6-13(9-11)16-2/h4-6,9,12,14-15H,3,7-8,10H2,1-2H3. The number of rotatable bonds is 7. The summed E-state index contributed by atoms with van der Waals surface area (Å²) in [6, 6.07) is 8.83. The summed E-state index contributed by atoms with van der Waals surface area (Å²) in [6.07, 6.45) is 2.73. The van der Waals surface area contributed by atoms with Gasteiger partial charge in [0.2, 0.25) is 0 Å². The van der Waals surface area contributed by atoms with Crippen LogP contribution in [-0.4, -0.2) is 26.3 Å². The largest absolute Gasteiger partial charge is 0.497 e. The predicted molar refractivity (Wildman–Crippen MR) is 68.4 cm³/mol. The lowest BCUT2D eigenvalue weighted by Gasteiger charge is -2.18. The van der Waals surface area contributed by atoms with E-state index in [1.54, 1.807) is 7.11 Å². The third-order valence-corrected chi connectivity index (χ3v) is 3.00. The normalized spacial score (nSPS) is 16.8. The van der Waals surface area contributed by atoms with E-state index in [2.05, 4.69) is 17.4 Å². The molecule has 2 rings (SSSR count). The van der Waals surface area contributed by atoms with Gasteiger partial charge in [0.25, 0.3) is 0 Å². The van der Waals surface area contributed by atoms with Gasteiger partial charge in [-0.15, -0.1) is 0 Å². The molecule has 94 valence electrons.